The highest BCUT2D eigenvalue weighted by Crippen LogP contribution is 2.15. The molecule has 2 aliphatic heterocycles. The van der Waals surface area contributed by atoms with E-state index in [0.717, 1.165) is 63.1 Å². The minimum Gasteiger partial charge on any atom is -0.381 e. The van der Waals surface area contributed by atoms with Gasteiger partial charge in [0.1, 0.15) is 12.4 Å². The molecule has 0 bridgehead atoms. The molecule has 2 aromatic rings. The molecule has 0 spiro atoms. The van der Waals surface area contributed by atoms with Crippen molar-refractivity contribution in [1.82, 2.24) is 25.4 Å². The van der Waals surface area contributed by atoms with Gasteiger partial charge in [-0.2, -0.15) is 5.10 Å². The Labute approximate surface area is 189 Å². The molecule has 9 nitrogen and oxygen atoms in total. The first-order chi connectivity index (χ1) is 15.7. The molecule has 0 aliphatic carbocycles. The summed E-state index contributed by atoms with van der Waals surface area (Å²) in [5, 5.41) is 11.5. The number of fused-ring (bicyclic) bond motifs is 1. The summed E-state index contributed by atoms with van der Waals surface area (Å²) < 4.78 is 18.6. The summed E-state index contributed by atoms with van der Waals surface area (Å²) in [4.78, 5) is 8.94. The van der Waals surface area contributed by atoms with Gasteiger partial charge in [-0.05, 0) is 30.4 Å². The number of aryl methyl sites for hydroxylation is 1. The van der Waals surface area contributed by atoms with Crippen LogP contribution in [0.25, 0.3) is 0 Å². The van der Waals surface area contributed by atoms with Crippen LogP contribution >= 0.6 is 0 Å². The van der Waals surface area contributed by atoms with Crippen molar-refractivity contribution in [2.75, 3.05) is 27.4 Å². The van der Waals surface area contributed by atoms with Crippen molar-refractivity contribution in [3.63, 3.8) is 0 Å². The van der Waals surface area contributed by atoms with Crippen molar-refractivity contribution in [2.24, 2.45) is 4.99 Å². The van der Waals surface area contributed by atoms with Gasteiger partial charge in [0.15, 0.2) is 11.8 Å². The smallest absolute Gasteiger partial charge is 0.191 e. The molecule has 174 valence electrons. The topological polar surface area (TPSA) is 94.8 Å². The predicted molar refractivity (Wildman–Crippen MR) is 121 cm³/mol. The highest BCUT2D eigenvalue weighted by Gasteiger charge is 2.22. The molecule has 4 rings (SSSR count). The Hall–Kier alpha value is -2.49. The normalized spacial score (nSPS) is 19.6. The number of nitrogens with zero attached hydrogens (tertiary/aromatic N) is 4. The zero-order chi connectivity index (χ0) is 22.2. The molecule has 1 aromatic heterocycles. The Bertz CT molecular complexity index is 894. The number of hydrogen-bond acceptors (Lipinski definition) is 6. The standard InChI is InChI=1S/C23H34N6O3/c1-24-23(26-19-6-7-22-27-21(16-30-2)28-29(22)14-19)25-13-17-4-3-5-18(12-17)15-32-20-8-10-31-11-9-20/h3-5,12,19-20H,6-11,13-16H2,1-2H3,(H2,24,25,26). The maximum atomic E-state index is 6.06. The molecule has 32 heavy (non-hydrogen) atoms. The van der Waals surface area contributed by atoms with Gasteiger partial charge in [0.05, 0.1) is 19.3 Å². The minimum absolute atomic E-state index is 0.255. The van der Waals surface area contributed by atoms with E-state index in [-0.39, 0.29) is 6.04 Å². The molecule has 2 aliphatic rings. The first kappa shape index (κ1) is 22.7. The molecule has 9 heteroatoms. The van der Waals surface area contributed by atoms with E-state index in [1.165, 1.54) is 11.1 Å². The lowest BCUT2D eigenvalue weighted by molar-refractivity contribution is -0.0390. The molecule has 0 amide bonds. The van der Waals surface area contributed by atoms with Crippen LogP contribution in [-0.4, -0.2) is 60.2 Å². The zero-order valence-electron chi connectivity index (χ0n) is 19.0. The van der Waals surface area contributed by atoms with Crippen LogP contribution in [0.1, 0.15) is 42.0 Å². The molecule has 0 saturated carbocycles. The molecular weight excluding hydrogens is 408 g/mol. The van der Waals surface area contributed by atoms with E-state index in [1.807, 2.05) is 4.68 Å². The number of rotatable bonds is 8. The van der Waals surface area contributed by atoms with Gasteiger partial charge in [-0.25, -0.2) is 9.67 Å². The number of hydrogen-bond donors (Lipinski definition) is 2. The summed E-state index contributed by atoms with van der Waals surface area (Å²) in [5.74, 6) is 2.56. The van der Waals surface area contributed by atoms with Crippen LogP contribution in [0.3, 0.4) is 0 Å². The average Bonchev–Trinajstić information content (AvgIpc) is 3.23. The lowest BCUT2D eigenvalue weighted by atomic mass is 10.1. The van der Waals surface area contributed by atoms with Gasteiger partial charge >= 0.3 is 0 Å². The van der Waals surface area contributed by atoms with Crippen molar-refractivity contribution in [3.8, 4) is 0 Å². The van der Waals surface area contributed by atoms with Gasteiger partial charge in [-0.3, -0.25) is 4.99 Å². The largest absolute Gasteiger partial charge is 0.381 e. The van der Waals surface area contributed by atoms with E-state index in [0.29, 0.717) is 25.9 Å². The monoisotopic (exact) mass is 442 g/mol. The quantitative estimate of drug-likeness (QED) is 0.475. The Morgan fingerprint density at radius 2 is 2.06 bits per heavy atom. The van der Waals surface area contributed by atoms with Crippen LogP contribution in [0.2, 0.25) is 0 Å². The van der Waals surface area contributed by atoms with Gasteiger partial charge in [0.25, 0.3) is 0 Å². The Balaban J connectivity index is 1.25. The van der Waals surface area contributed by atoms with E-state index >= 15 is 0 Å². The number of aromatic nitrogens is 3. The fraction of sp³-hybridized carbons (Fsp3) is 0.609. The second kappa shape index (κ2) is 11.4. The fourth-order valence-electron chi connectivity index (χ4n) is 4.13. The molecule has 1 saturated heterocycles. The molecule has 2 N–H and O–H groups in total. The summed E-state index contributed by atoms with van der Waals surface area (Å²) in [5.41, 5.74) is 2.39. The molecule has 1 aromatic carbocycles. The van der Waals surface area contributed by atoms with Crippen molar-refractivity contribution in [1.29, 1.82) is 0 Å². The van der Waals surface area contributed by atoms with E-state index < -0.39 is 0 Å². The summed E-state index contributed by atoms with van der Waals surface area (Å²) in [6.07, 6.45) is 4.15. The minimum atomic E-state index is 0.255. The Morgan fingerprint density at radius 3 is 2.88 bits per heavy atom. The Morgan fingerprint density at radius 1 is 1.22 bits per heavy atom. The highest BCUT2D eigenvalue weighted by atomic mass is 16.5. The second-order valence-corrected chi connectivity index (χ2v) is 8.31. The van der Waals surface area contributed by atoms with Crippen LogP contribution in [-0.2, 0) is 46.9 Å². The molecular formula is C23H34N6O3. The van der Waals surface area contributed by atoms with Gasteiger partial charge in [-0.15, -0.1) is 0 Å². The summed E-state index contributed by atoms with van der Waals surface area (Å²) in [6.45, 7) is 4.15. The maximum Gasteiger partial charge on any atom is 0.191 e. The van der Waals surface area contributed by atoms with Crippen LogP contribution in [0.4, 0.5) is 0 Å². The summed E-state index contributed by atoms with van der Waals surface area (Å²) in [7, 11) is 3.46. The number of ether oxygens (including phenoxy) is 3. The van der Waals surface area contributed by atoms with E-state index in [2.05, 4.69) is 50.0 Å². The van der Waals surface area contributed by atoms with Crippen LogP contribution in [0.5, 0.6) is 0 Å². The number of methoxy groups -OCH3 is 1. The number of nitrogens with one attached hydrogen (secondary N) is 2. The molecule has 0 radical (unpaired) electrons. The van der Waals surface area contributed by atoms with Crippen LogP contribution < -0.4 is 10.6 Å². The number of benzene rings is 1. The molecule has 1 unspecified atom stereocenters. The van der Waals surface area contributed by atoms with Gasteiger partial charge < -0.3 is 24.8 Å². The predicted octanol–water partition coefficient (Wildman–Crippen LogP) is 1.80. The lowest BCUT2D eigenvalue weighted by Crippen LogP contribution is -2.46. The second-order valence-electron chi connectivity index (χ2n) is 8.31. The Kier molecular flexibility index (Phi) is 8.08. The van der Waals surface area contributed by atoms with Crippen molar-refractivity contribution in [2.45, 2.75) is 64.1 Å². The van der Waals surface area contributed by atoms with Gasteiger partial charge in [0, 0.05) is 46.4 Å². The first-order valence-electron chi connectivity index (χ1n) is 11.4. The number of guanidine groups is 1. The van der Waals surface area contributed by atoms with E-state index in [4.69, 9.17) is 14.2 Å². The first-order valence-corrected chi connectivity index (χ1v) is 11.4. The average molecular weight is 443 g/mol. The van der Waals surface area contributed by atoms with E-state index in [9.17, 15) is 0 Å². The highest BCUT2D eigenvalue weighted by molar-refractivity contribution is 5.79. The summed E-state index contributed by atoms with van der Waals surface area (Å²) >= 11 is 0. The summed E-state index contributed by atoms with van der Waals surface area (Å²) in [6, 6.07) is 8.77. The lowest BCUT2D eigenvalue weighted by Gasteiger charge is -2.25. The third kappa shape index (κ3) is 6.27. The van der Waals surface area contributed by atoms with Gasteiger partial charge in [-0.1, -0.05) is 24.3 Å². The van der Waals surface area contributed by atoms with Crippen molar-refractivity contribution in [3.05, 3.63) is 47.0 Å². The molecule has 3 heterocycles. The zero-order valence-corrected chi connectivity index (χ0v) is 19.0. The third-order valence-electron chi connectivity index (χ3n) is 5.85. The third-order valence-corrected chi connectivity index (χ3v) is 5.85. The fourth-order valence-corrected chi connectivity index (χ4v) is 4.13. The van der Waals surface area contributed by atoms with Gasteiger partial charge in [0.2, 0.25) is 0 Å². The van der Waals surface area contributed by atoms with Crippen LogP contribution in [0, 0.1) is 0 Å². The van der Waals surface area contributed by atoms with E-state index in [1.54, 1.807) is 14.2 Å². The SMILES string of the molecule is CN=C(NCc1cccc(COC2CCOCC2)c1)NC1CCc2nc(COC)nn2C1. The van der Waals surface area contributed by atoms with Crippen molar-refractivity contribution < 1.29 is 14.2 Å². The van der Waals surface area contributed by atoms with Crippen LogP contribution in [0.15, 0.2) is 29.3 Å². The molecule has 1 atom stereocenters. The molecule has 1 fully saturated rings. The van der Waals surface area contributed by atoms with Crippen molar-refractivity contribution >= 4 is 5.96 Å². The maximum absolute atomic E-state index is 6.06. The number of aliphatic imine (C=N–C) groups is 1.